The highest BCUT2D eigenvalue weighted by Crippen LogP contribution is 2.27. The zero-order chi connectivity index (χ0) is 12.7. The Morgan fingerprint density at radius 2 is 1.47 bits per heavy atom. The smallest absolute Gasteiger partial charge is 0.0434 e. The average molecular weight is 233 g/mol. The van der Waals surface area contributed by atoms with E-state index < -0.39 is 0 Å². The van der Waals surface area contributed by atoms with Gasteiger partial charge in [0.2, 0.25) is 0 Å². The summed E-state index contributed by atoms with van der Waals surface area (Å²) >= 11 is 0. The van der Waals surface area contributed by atoms with Crippen LogP contribution in [0.5, 0.6) is 0 Å². The lowest BCUT2D eigenvalue weighted by atomic mass is 9.89. The predicted octanol–water partition coefficient (Wildman–Crippen LogP) is 5.04. The summed E-state index contributed by atoms with van der Waals surface area (Å²) in [5.41, 5.74) is 1.29. The van der Waals surface area contributed by atoms with Gasteiger partial charge in [-0.05, 0) is 36.8 Å². The lowest BCUT2D eigenvalue weighted by Crippen LogP contribution is -2.05. The van der Waals surface area contributed by atoms with Crippen LogP contribution in [-0.4, -0.2) is 4.98 Å². The van der Waals surface area contributed by atoms with E-state index in [9.17, 15) is 0 Å². The van der Waals surface area contributed by atoms with Gasteiger partial charge in [-0.25, -0.2) is 0 Å². The monoisotopic (exact) mass is 233 g/mol. The molecule has 0 unspecified atom stereocenters. The molecule has 1 aromatic heterocycles. The highest BCUT2D eigenvalue weighted by Gasteiger charge is 2.13. The second kappa shape index (κ2) is 7.47. The number of nitrogens with zero attached hydrogens (tertiary/aromatic N) is 1. The minimum Gasteiger partial charge on any atom is -0.261 e. The summed E-state index contributed by atoms with van der Waals surface area (Å²) in [6.45, 7) is 9.21. The summed E-state index contributed by atoms with van der Waals surface area (Å²) in [6, 6.07) is 6.30. The molecule has 0 radical (unpaired) electrons. The topological polar surface area (TPSA) is 12.9 Å². The summed E-state index contributed by atoms with van der Waals surface area (Å²) in [6.07, 6.45) is 7.09. The highest BCUT2D eigenvalue weighted by atomic mass is 14.7. The average Bonchev–Trinajstić information content (AvgIpc) is 2.29. The van der Waals surface area contributed by atoms with Crippen molar-refractivity contribution in [2.24, 2.45) is 11.8 Å². The zero-order valence-corrected chi connectivity index (χ0v) is 11.8. The maximum atomic E-state index is 4.53. The lowest BCUT2D eigenvalue weighted by Gasteiger charge is -2.18. The standard InChI is InChI=1S/C16H27N/c1-13(2)8-10-15(11-9-14(3)4)16-7-5-6-12-17-16/h5-7,12-15H,8-11H2,1-4H3. The first-order chi connectivity index (χ1) is 8.09. The van der Waals surface area contributed by atoms with E-state index in [1.165, 1.54) is 31.4 Å². The molecular formula is C16H27N. The van der Waals surface area contributed by atoms with Crippen LogP contribution in [0.4, 0.5) is 0 Å². The molecule has 0 amide bonds. The molecule has 0 aliphatic heterocycles. The molecule has 0 saturated heterocycles. The molecule has 1 aromatic rings. The Bertz CT molecular complexity index is 278. The molecule has 0 saturated carbocycles. The summed E-state index contributed by atoms with van der Waals surface area (Å²) in [4.78, 5) is 4.53. The first kappa shape index (κ1) is 14.2. The van der Waals surface area contributed by atoms with Crippen LogP contribution < -0.4 is 0 Å². The van der Waals surface area contributed by atoms with E-state index in [1.807, 2.05) is 12.3 Å². The summed E-state index contributed by atoms with van der Waals surface area (Å²) in [5.74, 6) is 2.24. The maximum absolute atomic E-state index is 4.53. The Kier molecular flexibility index (Phi) is 6.25. The van der Waals surface area contributed by atoms with Crippen LogP contribution in [0.2, 0.25) is 0 Å². The van der Waals surface area contributed by atoms with E-state index >= 15 is 0 Å². The number of rotatable bonds is 7. The van der Waals surface area contributed by atoms with Crippen LogP contribution in [0.1, 0.15) is 65.0 Å². The van der Waals surface area contributed by atoms with E-state index in [0.717, 1.165) is 11.8 Å². The van der Waals surface area contributed by atoms with Gasteiger partial charge < -0.3 is 0 Å². The maximum Gasteiger partial charge on any atom is 0.0434 e. The summed E-state index contributed by atoms with van der Waals surface area (Å²) in [7, 11) is 0. The van der Waals surface area contributed by atoms with Crippen molar-refractivity contribution >= 4 is 0 Å². The zero-order valence-electron chi connectivity index (χ0n) is 11.8. The third-order valence-electron chi connectivity index (χ3n) is 3.29. The molecule has 96 valence electrons. The van der Waals surface area contributed by atoms with Crippen LogP contribution in [0.25, 0.3) is 0 Å². The number of aromatic nitrogens is 1. The van der Waals surface area contributed by atoms with Gasteiger partial charge in [-0.2, -0.15) is 0 Å². The lowest BCUT2D eigenvalue weighted by molar-refractivity contribution is 0.436. The Morgan fingerprint density at radius 1 is 0.882 bits per heavy atom. The molecule has 1 rings (SSSR count). The van der Waals surface area contributed by atoms with Gasteiger partial charge in [-0.1, -0.05) is 46.6 Å². The van der Waals surface area contributed by atoms with Crippen LogP contribution in [-0.2, 0) is 0 Å². The molecule has 0 atom stereocenters. The molecule has 1 nitrogen and oxygen atoms in total. The third kappa shape index (κ3) is 5.86. The highest BCUT2D eigenvalue weighted by molar-refractivity contribution is 5.09. The van der Waals surface area contributed by atoms with Crippen LogP contribution in [0.15, 0.2) is 24.4 Å². The summed E-state index contributed by atoms with van der Waals surface area (Å²) < 4.78 is 0. The fraction of sp³-hybridized carbons (Fsp3) is 0.688. The largest absolute Gasteiger partial charge is 0.261 e. The molecule has 0 N–H and O–H groups in total. The Labute approximate surface area is 107 Å². The first-order valence-corrected chi connectivity index (χ1v) is 7.00. The van der Waals surface area contributed by atoms with Crippen molar-refractivity contribution in [1.82, 2.24) is 4.98 Å². The van der Waals surface area contributed by atoms with Gasteiger partial charge in [0.1, 0.15) is 0 Å². The normalized spacial score (nSPS) is 11.7. The van der Waals surface area contributed by atoms with Crippen molar-refractivity contribution in [3.63, 3.8) is 0 Å². The van der Waals surface area contributed by atoms with Crippen LogP contribution in [0, 0.1) is 11.8 Å². The van der Waals surface area contributed by atoms with Gasteiger partial charge in [-0.3, -0.25) is 4.98 Å². The van der Waals surface area contributed by atoms with E-state index in [0.29, 0.717) is 5.92 Å². The second-order valence-electron chi connectivity index (χ2n) is 5.89. The van der Waals surface area contributed by atoms with Crippen molar-refractivity contribution < 1.29 is 0 Å². The minimum absolute atomic E-state index is 0.654. The molecule has 0 spiro atoms. The quantitative estimate of drug-likeness (QED) is 0.643. The third-order valence-corrected chi connectivity index (χ3v) is 3.29. The number of hydrogen-bond donors (Lipinski definition) is 0. The SMILES string of the molecule is CC(C)CCC(CCC(C)C)c1ccccn1. The van der Waals surface area contributed by atoms with Crippen molar-refractivity contribution in [2.45, 2.75) is 59.3 Å². The van der Waals surface area contributed by atoms with E-state index in [4.69, 9.17) is 0 Å². The first-order valence-electron chi connectivity index (χ1n) is 7.00. The van der Waals surface area contributed by atoms with E-state index in [2.05, 4.69) is 44.8 Å². The van der Waals surface area contributed by atoms with E-state index in [-0.39, 0.29) is 0 Å². The second-order valence-corrected chi connectivity index (χ2v) is 5.89. The van der Waals surface area contributed by atoms with Gasteiger partial charge in [-0.15, -0.1) is 0 Å². The number of hydrogen-bond acceptors (Lipinski definition) is 1. The van der Waals surface area contributed by atoms with Crippen molar-refractivity contribution in [3.8, 4) is 0 Å². The Hall–Kier alpha value is -0.850. The van der Waals surface area contributed by atoms with Crippen LogP contribution >= 0.6 is 0 Å². The fourth-order valence-corrected chi connectivity index (χ4v) is 2.13. The molecule has 0 aliphatic carbocycles. The molecule has 0 aromatic carbocycles. The van der Waals surface area contributed by atoms with Gasteiger partial charge in [0.25, 0.3) is 0 Å². The summed E-state index contributed by atoms with van der Waals surface area (Å²) in [5, 5.41) is 0. The number of pyridine rings is 1. The molecule has 1 heterocycles. The Balaban J connectivity index is 2.58. The van der Waals surface area contributed by atoms with Gasteiger partial charge in [0.15, 0.2) is 0 Å². The van der Waals surface area contributed by atoms with Gasteiger partial charge in [0.05, 0.1) is 0 Å². The molecule has 17 heavy (non-hydrogen) atoms. The molecule has 0 aliphatic rings. The van der Waals surface area contributed by atoms with Crippen molar-refractivity contribution in [2.75, 3.05) is 0 Å². The van der Waals surface area contributed by atoms with E-state index in [1.54, 1.807) is 0 Å². The molecular weight excluding hydrogens is 206 g/mol. The minimum atomic E-state index is 0.654. The fourth-order valence-electron chi connectivity index (χ4n) is 2.13. The Morgan fingerprint density at radius 3 is 1.88 bits per heavy atom. The predicted molar refractivity (Wildman–Crippen MR) is 75.1 cm³/mol. The molecule has 0 fully saturated rings. The van der Waals surface area contributed by atoms with Crippen molar-refractivity contribution in [3.05, 3.63) is 30.1 Å². The van der Waals surface area contributed by atoms with Gasteiger partial charge >= 0.3 is 0 Å². The molecule has 1 heteroatoms. The van der Waals surface area contributed by atoms with Crippen LogP contribution in [0.3, 0.4) is 0 Å². The van der Waals surface area contributed by atoms with Crippen molar-refractivity contribution in [1.29, 1.82) is 0 Å². The van der Waals surface area contributed by atoms with Gasteiger partial charge in [0, 0.05) is 17.8 Å². The molecule has 0 bridgehead atoms.